The molecule has 2 aromatic carbocycles. The SMILES string of the molecule is C=CCO[C@H]1O[C@@H]2COC(c3ccccc3)O[C@H]2[C@H](OC(=O)C[C@@H](CCCCCCC)OCc2ccccc2)[C@H]1NC(=O)OCC(Cl)(Cl)Cl. The first-order valence-electron chi connectivity index (χ1n) is 16.7. The van der Waals surface area contributed by atoms with Crippen LogP contribution >= 0.6 is 34.8 Å². The van der Waals surface area contributed by atoms with Crippen LogP contribution in [0.25, 0.3) is 0 Å². The number of alkyl halides is 3. The maximum Gasteiger partial charge on any atom is 0.407 e. The first kappa shape index (κ1) is 39.4. The number of carbonyl (C=O) groups is 2. The Balaban J connectivity index is 1.55. The van der Waals surface area contributed by atoms with Crippen molar-refractivity contribution in [2.45, 2.75) is 105 Å². The van der Waals surface area contributed by atoms with E-state index in [1.165, 1.54) is 6.08 Å². The minimum absolute atomic E-state index is 0.0173. The largest absolute Gasteiger partial charge is 0.457 e. The molecule has 1 unspecified atom stereocenters. The Hall–Kier alpha value is -2.41. The third kappa shape index (κ3) is 13.3. The molecule has 13 heteroatoms. The van der Waals surface area contributed by atoms with Crippen molar-refractivity contribution in [3.05, 3.63) is 84.4 Å². The van der Waals surface area contributed by atoms with E-state index in [4.69, 9.17) is 68.0 Å². The number of fused-ring (bicyclic) bond motifs is 1. The van der Waals surface area contributed by atoms with Gasteiger partial charge in [0.2, 0.25) is 3.79 Å². The summed E-state index contributed by atoms with van der Waals surface area (Å²) >= 11 is 17.4. The van der Waals surface area contributed by atoms with Gasteiger partial charge in [0.15, 0.2) is 18.7 Å². The summed E-state index contributed by atoms with van der Waals surface area (Å²) in [5, 5.41) is 2.70. The molecule has 0 aromatic heterocycles. The van der Waals surface area contributed by atoms with Crippen LogP contribution in [0.4, 0.5) is 4.79 Å². The van der Waals surface area contributed by atoms with Gasteiger partial charge < -0.3 is 38.5 Å². The Morgan fingerprint density at radius 3 is 2.43 bits per heavy atom. The fourth-order valence-corrected chi connectivity index (χ4v) is 5.83. The van der Waals surface area contributed by atoms with Crippen molar-refractivity contribution >= 4 is 46.9 Å². The van der Waals surface area contributed by atoms with E-state index < -0.39 is 65.5 Å². The molecule has 7 atom stereocenters. The first-order valence-corrected chi connectivity index (χ1v) is 17.8. The lowest BCUT2D eigenvalue weighted by Crippen LogP contribution is -2.68. The van der Waals surface area contributed by atoms with E-state index in [1.807, 2.05) is 60.7 Å². The lowest BCUT2D eigenvalue weighted by Gasteiger charge is -2.48. The summed E-state index contributed by atoms with van der Waals surface area (Å²) in [6, 6.07) is 18.1. The maximum absolute atomic E-state index is 13.8. The summed E-state index contributed by atoms with van der Waals surface area (Å²) < 4.78 is 40.3. The average Bonchev–Trinajstić information content (AvgIpc) is 3.10. The van der Waals surface area contributed by atoms with E-state index in [1.54, 1.807) is 0 Å². The van der Waals surface area contributed by atoms with Crippen LogP contribution < -0.4 is 5.32 Å². The smallest absolute Gasteiger partial charge is 0.407 e. The molecule has 10 nitrogen and oxygen atoms in total. The van der Waals surface area contributed by atoms with Crippen molar-refractivity contribution in [1.29, 1.82) is 0 Å². The Morgan fingerprint density at radius 2 is 1.73 bits per heavy atom. The Kier molecular flexibility index (Phi) is 16.4. The third-order valence-electron chi connectivity index (χ3n) is 8.06. The number of carbonyl (C=O) groups excluding carboxylic acids is 2. The quantitative estimate of drug-likeness (QED) is 0.0710. The highest BCUT2D eigenvalue weighted by Gasteiger charge is 2.53. The highest BCUT2D eigenvalue weighted by atomic mass is 35.6. The second kappa shape index (κ2) is 20.4. The summed E-state index contributed by atoms with van der Waals surface area (Å²) in [7, 11) is 0. The lowest BCUT2D eigenvalue weighted by atomic mass is 9.95. The van der Waals surface area contributed by atoms with Gasteiger partial charge in [0.25, 0.3) is 0 Å². The molecular formula is C36H46Cl3NO9. The molecule has 0 bridgehead atoms. The number of alkyl carbamates (subject to hydrolysis) is 1. The molecule has 2 heterocycles. The van der Waals surface area contributed by atoms with E-state index in [0.29, 0.717) is 13.0 Å². The van der Waals surface area contributed by atoms with Crippen LogP contribution in [0.3, 0.4) is 0 Å². The minimum Gasteiger partial charge on any atom is -0.457 e. The molecule has 270 valence electrons. The van der Waals surface area contributed by atoms with Gasteiger partial charge in [0.1, 0.15) is 24.9 Å². The molecule has 1 N–H and O–H groups in total. The van der Waals surface area contributed by atoms with Crippen LogP contribution in [-0.2, 0) is 44.6 Å². The van der Waals surface area contributed by atoms with Gasteiger partial charge in [0.05, 0.1) is 32.3 Å². The van der Waals surface area contributed by atoms with Gasteiger partial charge in [-0.3, -0.25) is 4.79 Å². The van der Waals surface area contributed by atoms with Crippen LogP contribution in [0, 0.1) is 0 Å². The predicted molar refractivity (Wildman–Crippen MR) is 186 cm³/mol. The Morgan fingerprint density at radius 1 is 1.02 bits per heavy atom. The van der Waals surface area contributed by atoms with Gasteiger partial charge in [-0.15, -0.1) is 6.58 Å². The van der Waals surface area contributed by atoms with Gasteiger partial charge in [-0.2, -0.15) is 0 Å². The summed E-state index contributed by atoms with van der Waals surface area (Å²) in [5.41, 5.74) is 1.77. The van der Waals surface area contributed by atoms with Crippen LogP contribution in [0.2, 0.25) is 0 Å². The average molecular weight is 743 g/mol. The second-order valence-corrected chi connectivity index (χ2v) is 14.5. The van der Waals surface area contributed by atoms with Gasteiger partial charge in [0, 0.05) is 5.56 Å². The van der Waals surface area contributed by atoms with Crippen molar-refractivity contribution < 1.29 is 42.7 Å². The zero-order valence-corrected chi connectivity index (χ0v) is 30.0. The third-order valence-corrected chi connectivity index (χ3v) is 8.39. The highest BCUT2D eigenvalue weighted by Crippen LogP contribution is 2.36. The molecule has 2 aliphatic heterocycles. The zero-order valence-electron chi connectivity index (χ0n) is 27.7. The number of benzene rings is 2. The maximum atomic E-state index is 13.8. The van der Waals surface area contributed by atoms with Gasteiger partial charge >= 0.3 is 12.1 Å². The van der Waals surface area contributed by atoms with Crippen LogP contribution in [-0.4, -0.2) is 72.4 Å². The molecule has 0 spiro atoms. The second-order valence-electron chi connectivity index (χ2n) is 12.0. The fraction of sp³-hybridized carbons (Fsp3) is 0.556. The van der Waals surface area contributed by atoms with Crippen molar-refractivity contribution in [2.75, 3.05) is 19.8 Å². The van der Waals surface area contributed by atoms with Gasteiger partial charge in [-0.1, -0.05) is 141 Å². The summed E-state index contributed by atoms with van der Waals surface area (Å²) in [5.74, 6) is -0.535. The van der Waals surface area contributed by atoms with E-state index in [2.05, 4.69) is 18.8 Å². The number of esters is 1. The predicted octanol–water partition coefficient (Wildman–Crippen LogP) is 7.74. The van der Waals surface area contributed by atoms with E-state index in [0.717, 1.165) is 43.2 Å². The Bertz CT molecular complexity index is 1280. The number of unbranched alkanes of at least 4 members (excludes halogenated alkanes) is 4. The molecule has 49 heavy (non-hydrogen) atoms. The summed E-state index contributed by atoms with van der Waals surface area (Å²) in [4.78, 5) is 26.8. The molecule has 2 aliphatic rings. The van der Waals surface area contributed by atoms with E-state index >= 15 is 0 Å². The number of ether oxygens (including phenoxy) is 7. The van der Waals surface area contributed by atoms with Crippen molar-refractivity contribution in [3.63, 3.8) is 0 Å². The number of halogens is 3. The number of hydrogen-bond acceptors (Lipinski definition) is 9. The summed E-state index contributed by atoms with van der Waals surface area (Å²) in [6.45, 7) is 5.89. The number of amides is 1. The van der Waals surface area contributed by atoms with Crippen LogP contribution in [0.5, 0.6) is 0 Å². The molecule has 0 aliphatic carbocycles. The summed E-state index contributed by atoms with van der Waals surface area (Å²) in [6.07, 6.45) is 1.70. The number of hydrogen-bond donors (Lipinski definition) is 1. The standard InChI is InChI=1S/C36H46Cl3NO9/c1-3-5-6-7-14-19-27(44-22-25-15-10-8-11-16-25)21-29(41)48-32-30(40-35(42)46-24-36(37,38)39)34(43-20-4-2)47-28-23-45-33(49-31(28)32)26-17-12-9-13-18-26/h4,8-13,15-18,27-28,30-34H,2-3,5-7,14,19-24H2,1H3,(H,40,42)/t27-,28-,30-,31-,32-,33?,34+/m1/s1. The number of rotatable bonds is 18. The lowest BCUT2D eigenvalue weighted by molar-refractivity contribution is -0.343. The molecule has 2 aromatic rings. The molecule has 0 saturated carbocycles. The molecule has 2 saturated heterocycles. The van der Waals surface area contributed by atoms with E-state index in [-0.39, 0.29) is 19.6 Å². The normalized spacial score (nSPS) is 24.3. The first-order chi connectivity index (χ1) is 23.7. The molecule has 1 amide bonds. The Labute approximate surface area is 303 Å². The van der Waals surface area contributed by atoms with E-state index in [9.17, 15) is 9.59 Å². The van der Waals surface area contributed by atoms with Crippen molar-refractivity contribution in [2.24, 2.45) is 0 Å². The zero-order chi connectivity index (χ0) is 35.1. The molecule has 2 fully saturated rings. The minimum atomic E-state index is -1.84. The number of nitrogens with one attached hydrogen (secondary N) is 1. The molecule has 0 radical (unpaired) electrons. The molecule has 4 rings (SSSR count). The van der Waals surface area contributed by atoms with Crippen LogP contribution in [0.15, 0.2) is 73.3 Å². The van der Waals surface area contributed by atoms with Crippen LogP contribution in [0.1, 0.15) is 69.3 Å². The van der Waals surface area contributed by atoms with Crippen molar-refractivity contribution in [1.82, 2.24) is 5.32 Å². The molecular weight excluding hydrogens is 697 g/mol. The van der Waals surface area contributed by atoms with Crippen molar-refractivity contribution in [3.8, 4) is 0 Å². The van der Waals surface area contributed by atoms with Gasteiger partial charge in [-0.25, -0.2) is 4.79 Å². The van der Waals surface area contributed by atoms with Gasteiger partial charge in [-0.05, 0) is 12.0 Å². The monoisotopic (exact) mass is 741 g/mol. The topological polar surface area (TPSA) is 111 Å². The highest BCUT2D eigenvalue weighted by molar-refractivity contribution is 6.67. The fourth-order valence-electron chi connectivity index (χ4n) is 5.67.